The molecule has 4 heteroatoms. The van der Waals surface area contributed by atoms with Crippen molar-refractivity contribution < 1.29 is 0 Å². The molecule has 0 saturated heterocycles. The molecule has 0 aliphatic carbocycles. The largest absolute Gasteiger partial charge is 0.254 e. The standard InChI is InChI=1S/C46H28N4/c1-2-7-29(8-3-1)40-23-17-34-27-32(15-21-41(34)48-40)33-16-22-42-35(28-33)18-25-43(49-42)38-19-20-39(37-11-5-4-10-36(37)38)44-24-14-31-13-12-30-9-6-26-47-45(30)46(31)50-44/h1-28H. The zero-order valence-corrected chi connectivity index (χ0v) is 27.0. The summed E-state index contributed by atoms with van der Waals surface area (Å²) in [6.07, 6.45) is 1.83. The summed E-state index contributed by atoms with van der Waals surface area (Å²) in [5.74, 6) is 0. The molecular formula is C46H28N4. The summed E-state index contributed by atoms with van der Waals surface area (Å²) in [6.45, 7) is 0. The predicted molar refractivity (Wildman–Crippen MR) is 207 cm³/mol. The molecule has 0 bridgehead atoms. The lowest BCUT2D eigenvalue weighted by Crippen LogP contribution is -1.92. The van der Waals surface area contributed by atoms with Crippen LogP contribution >= 0.6 is 0 Å². The second kappa shape index (κ2) is 11.4. The molecule has 4 nitrogen and oxygen atoms in total. The summed E-state index contributed by atoms with van der Waals surface area (Å²) in [5, 5.41) is 6.68. The molecule has 0 aliphatic rings. The van der Waals surface area contributed by atoms with E-state index in [1.54, 1.807) is 0 Å². The Bertz CT molecular complexity index is 2930. The maximum absolute atomic E-state index is 5.16. The minimum absolute atomic E-state index is 0.918. The van der Waals surface area contributed by atoms with Crippen molar-refractivity contribution in [2.45, 2.75) is 0 Å². The fourth-order valence-electron chi connectivity index (χ4n) is 7.15. The van der Waals surface area contributed by atoms with Crippen LogP contribution in [0.5, 0.6) is 0 Å². The van der Waals surface area contributed by atoms with Crippen molar-refractivity contribution in [3.05, 3.63) is 170 Å². The summed E-state index contributed by atoms with van der Waals surface area (Å²) in [7, 11) is 0. The number of aromatic nitrogens is 4. The van der Waals surface area contributed by atoms with Crippen molar-refractivity contribution in [2.24, 2.45) is 0 Å². The first-order valence-corrected chi connectivity index (χ1v) is 16.8. The maximum atomic E-state index is 5.16. The normalized spacial score (nSPS) is 11.6. The first kappa shape index (κ1) is 28.3. The van der Waals surface area contributed by atoms with Crippen LogP contribution in [0.1, 0.15) is 0 Å². The van der Waals surface area contributed by atoms with Gasteiger partial charge in [0.05, 0.1) is 39.1 Å². The van der Waals surface area contributed by atoms with Crippen LogP contribution < -0.4 is 0 Å². The Hall–Kier alpha value is -6.78. The number of hydrogen-bond acceptors (Lipinski definition) is 4. The van der Waals surface area contributed by atoms with Crippen LogP contribution in [-0.4, -0.2) is 19.9 Å². The van der Waals surface area contributed by atoms with Crippen molar-refractivity contribution in [1.29, 1.82) is 0 Å². The van der Waals surface area contributed by atoms with E-state index in [9.17, 15) is 0 Å². The zero-order valence-electron chi connectivity index (χ0n) is 27.0. The van der Waals surface area contributed by atoms with Crippen molar-refractivity contribution in [3.63, 3.8) is 0 Å². The van der Waals surface area contributed by atoms with Gasteiger partial charge in [-0.15, -0.1) is 0 Å². The van der Waals surface area contributed by atoms with Crippen molar-refractivity contribution in [1.82, 2.24) is 19.9 Å². The van der Waals surface area contributed by atoms with E-state index in [2.05, 4.69) is 145 Å². The van der Waals surface area contributed by atoms with Crippen LogP contribution in [-0.2, 0) is 0 Å². The van der Waals surface area contributed by atoms with E-state index in [-0.39, 0.29) is 0 Å². The highest BCUT2D eigenvalue weighted by molar-refractivity contribution is 6.07. The van der Waals surface area contributed by atoms with Gasteiger partial charge in [-0.25, -0.2) is 15.0 Å². The third kappa shape index (κ3) is 4.77. The second-order valence-electron chi connectivity index (χ2n) is 12.7. The van der Waals surface area contributed by atoms with Crippen molar-refractivity contribution >= 4 is 54.4 Å². The van der Waals surface area contributed by atoms with Gasteiger partial charge in [-0.1, -0.05) is 115 Å². The lowest BCUT2D eigenvalue weighted by atomic mass is 9.95. The Morgan fingerprint density at radius 2 is 0.860 bits per heavy atom. The van der Waals surface area contributed by atoms with Crippen molar-refractivity contribution in [2.75, 3.05) is 0 Å². The number of fused-ring (bicyclic) bond motifs is 6. The molecule has 0 amide bonds. The smallest absolute Gasteiger partial charge is 0.0972 e. The van der Waals surface area contributed by atoms with Gasteiger partial charge in [-0.3, -0.25) is 4.98 Å². The molecule has 6 aromatic carbocycles. The summed E-state index contributed by atoms with van der Waals surface area (Å²) in [6, 6.07) is 57.3. The van der Waals surface area contributed by atoms with E-state index in [4.69, 9.17) is 15.0 Å². The lowest BCUT2D eigenvalue weighted by molar-refractivity contribution is 1.37. The molecule has 4 heterocycles. The number of hydrogen-bond donors (Lipinski definition) is 0. The summed E-state index contributed by atoms with van der Waals surface area (Å²) in [5.41, 5.74) is 12.3. The molecule has 0 atom stereocenters. The van der Waals surface area contributed by atoms with Gasteiger partial charge >= 0.3 is 0 Å². The SMILES string of the molecule is c1ccc(-c2ccc3cc(-c4ccc5nc(-c6ccc(-c7ccc8ccc9cccnc9c8n7)c7ccccc67)ccc5c4)ccc3n2)cc1. The van der Waals surface area contributed by atoms with Crippen LogP contribution in [0.2, 0.25) is 0 Å². The van der Waals surface area contributed by atoms with Gasteiger partial charge in [0.15, 0.2) is 0 Å². The van der Waals surface area contributed by atoms with Crippen LogP contribution in [0.25, 0.3) is 99.3 Å². The first-order chi connectivity index (χ1) is 24.7. The van der Waals surface area contributed by atoms with Gasteiger partial charge in [-0.2, -0.15) is 0 Å². The molecule has 0 unspecified atom stereocenters. The van der Waals surface area contributed by atoms with E-state index in [0.29, 0.717) is 0 Å². The molecule has 10 rings (SSSR count). The Labute approximate surface area is 288 Å². The van der Waals surface area contributed by atoms with E-state index in [0.717, 1.165) is 99.3 Å². The lowest BCUT2D eigenvalue weighted by Gasteiger charge is -2.13. The van der Waals surface area contributed by atoms with Gasteiger partial charge < -0.3 is 0 Å². The number of pyridine rings is 4. The van der Waals surface area contributed by atoms with Gasteiger partial charge in [0.25, 0.3) is 0 Å². The van der Waals surface area contributed by atoms with E-state index in [1.165, 1.54) is 0 Å². The summed E-state index contributed by atoms with van der Waals surface area (Å²) in [4.78, 5) is 19.9. The summed E-state index contributed by atoms with van der Waals surface area (Å²) < 4.78 is 0. The Kier molecular flexibility index (Phi) is 6.46. The minimum atomic E-state index is 0.918. The fourth-order valence-corrected chi connectivity index (χ4v) is 7.15. The van der Waals surface area contributed by atoms with Gasteiger partial charge in [0.1, 0.15) is 0 Å². The third-order valence-corrected chi connectivity index (χ3v) is 9.69. The average Bonchev–Trinajstić information content (AvgIpc) is 3.19. The number of rotatable bonds is 4. The van der Waals surface area contributed by atoms with E-state index < -0.39 is 0 Å². The molecule has 0 radical (unpaired) electrons. The average molecular weight is 637 g/mol. The second-order valence-corrected chi connectivity index (χ2v) is 12.7. The van der Waals surface area contributed by atoms with Crippen LogP contribution in [0, 0.1) is 0 Å². The number of nitrogens with zero attached hydrogens (tertiary/aromatic N) is 4. The van der Waals surface area contributed by atoms with Gasteiger partial charge in [0.2, 0.25) is 0 Å². The van der Waals surface area contributed by atoms with Gasteiger partial charge in [0, 0.05) is 44.4 Å². The van der Waals surface area contributed by atoms with E-state index >= 15 is 0 Å². The predicted octanol–water partition coefficient (Wildman–Crippen LogP) is 11.7. The molecule has 10 aromatic rings. The molecule has 0 aliphatic heterocycles. The van der Waals surface area contributed by atoms with Crippen molar-refractivity contribution in [3.8, 4) is 44.9 Å². The maximum Gasteiger partial charge on any atom is 0.0972 e. The topological polar surface area (TPSA) is 51.6 Å². The molecule has 4 aromatic heterocycles. The van der Waals surface area contributed by atoms with E-state index in [1.807, 2.05) is 30.5 Å². The number of benzene rings is 6. The molecule has 0 fully saturated rings. The monoisotopic (exact) mass is 636 g/mol. The first-order valence-electron chi connectivity index (χ1n) is 16.8. The Balaban J connectivity index is 1.01. The molecule has 0 spiro atoms. The highest BCUT2D eigenvalue weighted by atomic mass is 14.8. The Morgan fingerprint density at radius 3 is 1.54 bits per heavy atom. The molecule has 232 valence electrons. The highest BCUT2D eigenvalue weighted by Gasteiger charge is 2.14. The minimum Gasteiger partial charge on any atom is -0.254 e. The van der Waals surface area contributed by atoms with Gasteiger partial charge in [-0.05, 0) is 70.4 Å². The quantitative estimate of drug-likeness (QED) is 0.180. The molecular weight excluding hydrogens is 609 g/mol. The zero-order chi connectivity index (χ0) is 33.0. The third-order valence-electron chi connectivity index (χ3n) is 9.69. The van der Waals surface area contributed by atoms with Crippen LogP contribution in [0.15, 0.2) is 170 Å². The Morgan fingerprint density at radius 1 is 0.320 bits per heavy atom. The highest BCUT2D eigenvalue weighted by Crippen LogP contribution is 2.37. The van der Waals surface area contributed by atoms with Crippen LogP contribution in [0.4, 0.5) is 0 Å². The fraction of sp³-hybridized carbons (Fsp3) is 0. The molecule has 50 heavy (non-hydrogen) atoms. The summed E-state index contributed by atoms with van der Waals surface area (Å²) >= 11 is 0. The van der Waals surface area contributed by atoms with Crippen LogP contribution in [0.3, 0.4) is 0 Å². The molecule has 0 saturated carbocycles. The molecule has 0 N–H and O–H groups in total.